The number of carbonyl (C=O) groups is 2. The molecule has 0 radical (unpaired) electrons. The van der Waals surface area contributed by atoms with Crippen molar-refractivity contribution in [2.24, 2.45) is 5.41 Å². The minimum atomic E-state index is -0.927. The molecule has 4 aliphatic rings. The molecule has 1 amide bonds. The van der Waals surface area contributed by atoms with Crippen LogP contribution in [-0.2, 0) is 20.9 Å². The summed E-state index contributed by atoms with van der Waals surface area (Å²) >= 11 is 0. The molecule has 0 bridgehead atoms. The number of fused-ring (bicyclic) bond motifs is 4. The summed E-state index contributed by atoms with van der Waals surface area (Å²) in [5, 5.41) is 0. The quantitative estimate of drug-likeness (QED) is 0.560. The molecule has 0 spiro atoms. The van der Waals surface area contributed by atoms with E-state index in [9.17, 15) is 9.59 Å². The second-order valence-corrected chi connectivity index (χ2v) is 8.23. The Morgan fingerprint density at radius 2 is 1.94 bits per heavy atom. The molecule has 3 heterocycles. The smallest absolute Gasteiger partial charge is 0.321 e. The molecule has 3 aliphatic heterocycles. The molecular weight excluding hydrogens is 398 g/mol. The highest BCUT2D eigenvalue weighted by Gasteiger charge is 2.67. The second kappa shape index (κ2) is 6.85. The third kappa shape index (κ3) is 2.84. The highest BCUT2D eigenvalue weighted by molar-refractivity contribution is 5.98. The summed E-state index contributed by atoms with van der Waals surface area (Å²) in [5.74, 6) is 0.696. The predicted molar refractivity (Wildman–Crippen MR) is 108 cm³/mol. The first-order valence-corrected chi connectivity index (χ1v) is 10.5. The SMILES string of the molecule is O=C(c1ccc2c(c1)OCO2)N1CC[C@]2(C(=O)OCc3ccccc3)C1=CC[C@H]1O[C@H]12. The fraction of sp³-hybridized carbons (Fsp3) is 0.333. The van der Waals surface area contributed by atoms with E-state index in [4.69, 9.17) is 18.9 Å². The highest BCUT2D eigenvalue weighted by Crippen LogP contribution is 2.56. The van der Waals surface area contributed by atoms with Gasteiger partial charge in [0.05, 0.1) is 6.10 Å². The van der Waals surface area contributed by atoms with Crippen LogP contribution in [-0.4, -0.2) is 42.3 Å². The van der Waals surface area contributed by atoms with Crippen molar-refractivity contribution in [2.45, 2.75) is 31.7 Å². The summed E-state index contributed by atoms with van der Waals surface area (Å²) in [5.41, 5.74) is 1.20. The standard InChI is InChI=1S/C24H21NO6/c26-22(16-6-7-17-19(12-16)30-14-29-17)25-11-10-24(20(25)9-8-18-21(24)31-18)23(27)28-13-15-4-2-1-3-5-15/h1-7,9,12,18,21H,8,10-11,13-14H2/t18-,21-,24+/m1/s1. The zero-order valence-electron chi connectivity index (χ0n) is 16.8. The number of benzene rings is 2. The summed E-state index contributed by atoms with van der Waals surface area (Å²) < 4.78 is 22.3. The molecule has 2 fully saturated rings. The largest absolute Gasteiger partial charge is 0.460 e. The molecule has 0 N–H and O–H groups in total. The highest BCUT2D eigenvalue weighted by atomic mass is 16.7. The van der Waals surface area contributed by atoms with Crippen molar-refractivity contribution in [3.63, 3.8) is 0 Å². The maximum absolute atomic E-state index is 13.4. The van der Waals surface area contributed by atoms with E-state index in [1.165, 1.54) is 0 Å². The molecule has 158 valence electrons. The first-order chi connectivity index (χ1) is 15.2. The van der Waals surface area contributed by atoms with E-state index in [-0.39, 0.29) is 37.5 Å². The van der Waals surface area contributed by atoms with E-state index in [1.807, 2.05) is 36.4 Å². The zero-order chi connectivity index (χ0) is 21.0. The second-order valence-electron chi connectivity index (χ2n) is 8.23. The number of nitrogens with zero attached hydrogens (tertiary/aromatic N) is 1. The average Bonchev–Trinajstić information content (AvgIpc) is 3.28. The van der Waals surface area contributed by atoms with Gasteiger partial charge in [0.15, 0.2) is 11.5 Å². The van der Waals surface area contributed by atoms with E-state index in [2.05, 4.69) is 0 Å². The molecule has 2 saturated heterocycles. The Labute approximate surface area is 179 Å². The van der Waals surface area contributed by atoms with Crippen molar-refractivity contribution in [1.29, 1.82) is 0 Å². The summed E-state index contributed by atoms with van der Waals surface area (Å²) in [4.78, 5) is 28.4. The molecule has 7 nitrogen and oxygen atoms in total. The number of amides is 1. The number of rotatable bonds is 4. The van der Waals surface area contributed by atoms with Crippen LogP contribution in [0.5, 0.6) is 11.5 Å². The Kier molecular flexibility index (Phi) is 4.08. The summed E-state index contributed by atoms with van der Waals surface area (Å²) in [6, 6.07) is 14.7. The molecular formula is C24H21NO6. The fourth-order valence-electron chi connectivity index (χ4n) is 4.91. The fourth-order valence-corrected chi connectivity index (χ4v) is 4.91. The van der Waals surface area contributed by atoms with E-state index in [0.717, 1.165) is 5.56 Å². The van der Waals surface area contributed by atoms with Crippen LogP contribution < -0.4 is 9.47 Å². The minimum absolute atomic E-state index is 0.0219. The topological polar surface area (TPSA) is 77.6 Å². The molecule has 7 heteroatoms. The molecule has 0 aromatic heterocycles. The number of likely N-dealkylation sites (tertiary alicyclic amines) is 1. The van der Waals surface area contributed by atoms with Crippen LogP contribution in [0.25, 0.3) is 0 Å². The lowest BCUT2D eigenvalue weighted by Crippen LogP contribution is -2.42. The Hall–Kier alpha value is -3.32. The monoisotopic (exact) mass is 419 g/mol. The number of hydrogen-bond donors (Lipinski definition) is 0. The Morgan fingerprint density at radius 3 is 2.81 bits per heavy atom. The van der Waals surface area contributed by atoms with Crippen molar-refractivity contribution in [2.75, 3.05) is 13.3 Å². The molecule has 6 rings (SSSR count). The van der Waals surface area contributed by atoms with Gasteiger partial charge >= 0.3 is 5.97 Å². The van der Waals surface area contributed by atoms with Gasteiger partial charge < -0.3 is 23.8 Å². The lowest BCUT2D eigenvalue weighted by Gasteiger charge is -2.31. The van der Waals surface area contributed by atoms with Crippen LogP contribution in [0.1, 0.15) is 28.8 Å². The molecule has 2 aromatic rings. The molecule has 3 atom stereocenters. The van der Waals surface area contributed by atoms with E-state index < -0.39 is 5.41 Å². The molecule has 0 saturated carbocycles. The van der Waals surface area contributed by atoms with Crippen LogP contribution in [0, 0.1) is 5.41 Å². The van der Waals surface area contributed by atoms with Crippen LogP contribution in [0.15, 0.2) is 60.3 Å². The van der Waals surface area contributed by atoms with Gasteiger partial charge in [-0.1, -0.05) is 36.4 Å². The van der Waals surface area contributed by atoms with Crippen molar-refractivity contribution >= 4 is 11.9 Å². The van der Waals surface area contributed by atoms with Crippen LogP contribution >= 0.6 is 0 Å². The number of carbonyl (C=O) groups excluding carboxylic acids is 2. The van der Waals surface area contributed by atoms with Gasteiger partial charge in [-0.2, -0.15) is 0 Å². The number of epoxide rings is 1. The lowest BCUT2D eigenvalue weighted by atomic mass is 9.75. The average molecular weight is 419 g/mol. The first-order valence-electron chi connectivity index (χ1n) is 10.5. The van der Waals surface area contributed by atoms with Crippen LogP contribution in [0.4, 0.5) is 0 Å². The zero-order valence-corrected chi connectivity index (χ0v) is 16.8. The van der Waals surface area contributed by atoms with Crippen molar-refractivity contribution in [1.82, 2.24) is 4.90 Å². The van der Waals surface area contributed by atoms with E-state index >= 15 is 0 Å². The van der Waals surface area contributed by atoms with Gasteiger partial charge in [-0.3, -0.25) is 9.59 Å². The number of ether oxygens (including phenoxy) is 4. The molecule has 31 heavy (non-hydrogen) atoms. The third-order valence-corrected chi connectivity index (χ3v) is 6.53. The van der Waals surface area contributed by atoms with Gasteiger partial charge in [0.25, 0.3) is 5.91 Å². The first kappa shape index (κ1) is 18.4. The maximum atomic E-state index is 13.4. The lowest BCUT2D eigenvalue weighted by molar-refractivity contribution is -0.156. The predicted octanol–water partition coefficient (Wildman–Crippen LogP) is 3.05. The van der Waals surface area contributed by atoms with E-state index in [1.54, 1.807) is 23.1 Å². The minimum Gasteiger partial charge on any atom is -0.460 e. The van der Waals surface area contributed by atoms with Crippen molar-refractivity contribution in [3.05, 3.63) is 71.4 Å². The van der Waals surface area contributed by atoms with Gasteiger partial charge in [0, 0.05) is 17.8 Å². The van der Waals surface area contributed by atoms with Gasteiger partial charge in [-0.25, -0.2) is 0 Å². The van der Waals surface area contributed by atoms with Crippen molar-refractivity contribution < 1.29 is 28.5 Å². The molecule has 1 aliphatic carbocycles. The van der Waals surface area contributed by atoms with Gasteiger partial charge in [0.2, 0.25) is 6.79 Å². The van der Waals surface area contributed by atoms with Gasteiger partial charge in [-0.05, 0) is 36.6 Å². The van der Waals surface area contributed by atoms with E-state index in [0.29, 0.717) is 42.1 Å². The molecule has 2 aromatic carbocycles. The Bertz CT molecular complexity index is 1100. The van der Waals surface area contributed by atoms with Gasteiger partial charge in [0.1, 0.15) is 18.1 Å². The third-order valence-electron chi connectivity index (χ3n) is 6.53. The van der Waals surface area contributed by atoms with Crippen molar-refractivity contribution in [3.8, 4) is 11.5 Å². The summed E-state index contributed by atoms with van der Waals surface area (Å²) in [6.07, 6.45) is 2.94. The maximum Gasteiger partial charge on any atom is 0.321 e. The number of esters is 1. The van der Waals surface area contributed by atoms with Crippen LogP contribution in [0.2, 0.25) is 0 Å². The van der Waals surface area contributed by atoms with Gasteiger partial charge in [-0.15, -0.1) is 0 Å². The Balaban J connectivity index is 1.27. The normalized spacial score (nSPS) is 27.2. The Morgan fingerprint density at radius 1 is 1.10 bits per heavy atom. The summed E-state index contributed by atoms with van der Waals surface area (Å²) in [7, 11) is 0. The number of hydrogen-bond acceptors (Lipinski definition) is 6. The molecule has 0 unspecified atom stereocenters. The summed E-state index contributed by atoms with van der Waals surface area (Å²) in [6.45, 7) is 0.785. The van der Waals surface area contributed by atoms with Crippen LogP contribution in [0.3, 0.4) is 0 Å².